The standard InChI is InChI=1S/C18H24N6/c1-22-10-4-5-14(18(22)17-7-9-21-24(17)3)13-23(2)16-6-8-20-15(11-16)12-19/h6-9,11,14,18H,4-5,10,13H2,1-3H3/t14-,18+/m0/s1. The van der Waals surface area contributed by atoms with Gasteiger partial charge in [-0.05, 0) is 50.6 Å². The fourth-order valence-corrected chi connectivity index (χ4v) is 3.77. The molecule has 0 saturated carbocycles. The van der Waals surface area contributed by atoms with Crippen molar-refractivity contribution in [1.82, 2.24) is 19.7 Å². The number of likely N-dealkylation sites (tertiary alicyclic amines) is 1. The second-order valence-corrected chi connectivity index (χ2v) is 6.60. The highest BCUT2D eigenvalue weighted by molar-refractivity contribution is 5.48. The van der Waals surface area contributed by atoms with Gasteiger partial charge in [-0.25, -0.2) is 4.98 Å². The minimum absolute atomic E-state index is 0.367. The van der Waals surface area contributed by atoms with E-state index in [9.17, 15) is 0 Å². The lowest BCUT2D eigenvalue weighted by Gasteiger charge is -2.41. The Morgan fingerprint density at radius 2 is 2.17 bits per heavy atom. The molecule has 6 nitrogen and oxygen atoms in total. The van der Waals surface area contributed by atoms with Crippen LogP contribution >= 0.6 is 0 Å². The first kappa shape index (κ1) is 16.5. The Hall–Kier alpha value is -2.39. The van der Waals surface area contributed by atoms with Crippen LogP contribution in [0.3, 0.4) is 0 Å². The van der Waals surface area contributed by atoms with Crippen LogP contribution in [0.5, 0.6) is 0 Å². The van der Waals surface area contributed by atoms with E-state index >= 15 is 0 Å². The molecular formula is C18H24N6. The molecule has 2 aromatic heterocycles. The molecule has 0 N–H and O–H groups in total. The average molecular weight is 324 g/mol. The van der Waals surface area contributed by atoms with Gasteiger partial charge in [0.15, 0.2) is 0 Å². The number of nitrogens with zero attached hydrogens (tertiary/aromatic N) is 6. The summed E-state index contributed by atoms with van der Waals surface area (Å²) in [6.45, 7) is 2.05. The SMILES string of the molecule is CN(C[C@@H]1CCCN(C)[C@H]1c1ccnn1C)c1ccnc(C#N)c1. The maximum Gasteiger partial charge on any atom is 0.142 e. The van der Waals surface area contributed by atoms with Gasteiger partial charge in [-0.1, -0.05) is 0 Å². The van der Waals surface area contributed by atoms with E-state index in [1.807, 2.05) is 30.1 Å². The molecule has 24 heavy (non-hydrogen) atoms. The number of piperidine rings is 1. The van der Waals surface area contributed by atoms with E-state index in [0.717, 1.165) is 18.8 Å². The van der Waals surface area contributed by atoms with E-state index in [0.29, 0.717) is 17.7 Å². The lowest BCUT2D eigenvalue weighted by Crippen LogP contribution is -2.41. The largest absolute Gasteiger partial charge is 0.374 e. The molecule has 1 saturated heterocycles. The highest BCUT2D eigenvalue weighted by Gasteiger charge is 2.33. The van der Waals surface area contributed by atoms with E-state index in [2.05, 4.69) is 46.1 Å². The van der Waals surface area contributed by atoms with E-state index in [1.165, 1.54) is 18.5 Å². The van der Waals surface area contributed by atoms with Crippen molar-refractivity contribution < 1.29 is 0 Å². The zero-order chi connectivity index (χ0) is 17.1. The number of pyridine rings is 1. The number of aromatic nitrogens is 3. The van der Waals surface area contributed by atoms with Crippen molar-refractivity contribution in [3.8, 4) is 6.07 Å². The van der Waals surface area contributed by atoms with E-state index in [-0.39, 0.29) is 0 Å². The van der Waals surface area contributed by atoms with Gasteiger partial charge in [0.05, 0.1) is 11.7 Å². The van der Waals surface area contributed by atoms with Crippen LogP contribution in [0, 0.1) is 17.2 Å². The number of rotatable bonds is 4. The molecule has 0 bridgehead atoms. The molecule has 0 aliphatic carbocycles. The molecule has 2 atom stereocenters. The molecule has 0 aromatic carbocycles. The second-order valence-electron chi connectivity index (χ2n) is 6.60. The van der Waals surface area contributed by atoms with Gasteiger partial charge < -0.3 is 4.90 Å². The minimum atomic E-state index is 0.367. The monoisotopic (exact) mass is 324 g/mol. The van der Waals surface area contributed by atoms with Gasteiger partial charge in [0, 0.05) is 38.7 Å². The first-order valence-corrected chi connectivity index (χ1v) is 8.35. The van der Waals surface area contributed by atoms with Crippen LogP contribution in [0.4, 0.5) is 5.69 Å². The molecule has 0 amide bonds. The lowest BCUT2D eigenvalue weighted by atomic mass is 9.87. The molecule has 3 heterocycles. The molecular weight excluding hydrogens is 300 g/mol. The predicted octanol–water partition coefficient (Wildman–Crippen LogP) is 2.21. The Morgan fingerprint density at radius 3 is 2.88 bits per heavy atom. The summed E-state index contributed by atoms with van der Waals surface area (Å²) in [5.74, 6) is 0.517. The maximum absolute atomic E-state index is 9.05. The van der Waals surface area contributed by atoms with Gasteiger partial charge >= 0.3 is 0 Å². The number of hydrogen-bond donors (Lipinski definition) is 0. The summed E-state index contributed by atoms with van der Waals surface area (Å²) in [5.41, 5.74) is 2.77. The van der Waals surface area contributed by atoms with Gasteiger partial charge in [-0.3, -0.25) is 9.58 Å². The molecule has 126 valence electrons. The average Bonchev–Trinajstić information content (AvgIpc) is 3.01. The zero-order valence-electron chi connectivity index (χ0n) is 14.6. The van der Waals surface area contributed by atoms with Crippen LogP contribution in [0.15, 0.2) is 30.6 Å². The van der Waals surface area contributed by atoms with Crippen molar-refractivity contribution >= 4 is 5.69 Å². The van der Waals surface area contributed by atoms with Crippen molar-refractivity contribution in [3.63, 3.8) is 0 Å². The molecule has 6 heteroatoms. The molecule has 1 aliphatic heterocycles. The third kappa shape index (κ3) is 3.26. The van der Waals surface area contributed by atoms with Gasteiger partial charge in [0.1, 0.15) is 11.8 Å². The van der Waals surface area contributed by atoms with E-state index < -0.39 is 0 Å². The summed E-state index contributed by atoms with van der Waals surface area (Å²) < 4.78 is 1.99. The number of hydrogen-bond acceptors (Lipinski definition) is 5. The molecule has 3 rings (SSSR count). The van der Waals surface area contributed by atoms with Crippen molar-refractivity contribution in [2.75, 3.05) is 32.1 Å². The van der Waals surface area contributed by atoms with Gasteiger partial charge in [0.2, 0.25) is 0 Å². The van der Waals surface area contributed by atoms with Crippen molar-refractivity contribution in [3.05, 3.63) is 42.0 Å². The maximum atomic E-state index is 9.05. The Balaban J connectivity index is 1.81. The summed E-state index contributed by atoms with van der Waals surface area (Å²) >= 11 is 0. The normalized spacial score (nSPS) is 21.4. The topological polar surface area (TPSA) is 61.0 Å². The summed E-state index contributed by atoms with van der Waals surface area (Å²) in [6.07, 6.45) is 5.99. The van der Waals surface area contributed by atoms with Gasteiger partial charge in [-0.15, -0.1) is 0 Å². The fourth-order valence-electron chi connectivity index (χ4n) is 3.77. The van der Waals surface area contributed by atoms with Crippen LogP contribution in [0.2, 0.25) is 0 Å². The third-order valence-electron chi connectivity index (χ3n) is 4.98. The summed E-state index contributed by atoms with van der Waals surface area (Å²) in [4.78, 5) is 8.73. The second kappa shape index (κ2) is 7.02. The van der Waals surface area contributed by atoms with Gasteiger partial charge in [0.25, 0.3) is 0 Å². The quantitative estimate of drug-likeness (QED) is 0.863. The van der Waals surface area contributed by atoms with Crippen molar-refractivity contribution in [2.45, 2.75) is 18.9 Å². The summed E-state index contributed by atoms with van der Waals surface area (Å²) in [6, 6.07) is 8.42. The lowest BCUT2D eigenvalue weighted by molar-refractivity contribution is 0.118. The van der Waals surface area contributed by atoms with Crippen molar-refractivity contribution in [1.29, 1.82) is 5.26 Å². The Bertz CT molecular complexity index is 731. The van der Waals surface area contributed by atoms with Crippen molar-refractivity contribution in [2.24, 2.45) is 13.0 Å². The third-order valence-corrected chi connectivity index (χ3v) is 4.98. The smallest absolute Gasteiger partial charge is 0.142 e. The molecule has 0 unspecified atom stereocenters. The van der Waals surface area contributed by atoms with Crippen LogP contribution < -0.4 is 4.90 Å². The highest BCUT2D eigenvalue weighted by Crippen LogP contribution is 2.35. The van der Waals surface area contributed by atoms with Crippen LogP contribution in [-0.4, -0.2) is 46.8 Å². The molecule has 0 radical (unpaired) electrons. The molecule has 0 spiro atoms. The zero-order valence-corrected chi connectivity index (χ0v) is 14.6. The molecule has 2 aromatic rings. The first-order chi connectivity index (χ1) is 11.6. The van der Waals surface area contributed by atoms with Crippen LogP contribution in [0.1, 0.15) is 30.3 Å². The summed E-state index contributed by atoms with van der Waals surface area (Å²) in [5, 5.41) is 13.4. The number of nitriles is 1. The Labute approximate surface area is 143 Å². The van der Waals surface area contributed by atoms with E-state index in [4.69, 9.17) is 5.26 Å². The summed E-state index contributed by atoms with van der Waals surface area (Å²) in [7, 11) is 6.30. The van der Waals surface area contributed by atoms with E-state index in [1.54, 1.807) is 6.20 Å². The fraction of sp³-hybridized carbons (Fsp3) is 0.500. The predicted molar refractivity (Wildman–Crippen MR) is 93.5 cm³/mol. The van der Waals surface area contributed by atoms with Crippen LogP contribution in [-0.2, 0) is 7.05 Å². The Kier molecular flexibility index (Phi) is 4.81. The van der Waals surface area contributed by atoms with Gasteiger partial charge in [-0.2, -0.15) is 10.4 Å². The highest BCUT2D eigenvalue weighted by atomic mass is 15.3. The first-order valence-electron chi connectivity index (χ1n) is 8.35. The number of aryl methyl sites for hydroxylation is 1. The minimum Gasteiger partial charge on any atom is -0.374 e. The van der Waals surface area contributed by atoms with Crippen LogP contribution in [0.25, 0.3) is 0 Å². The molecule has 1 aliphatic rings. The molecule has 1 fully saturated rings. The number of anilines is 1. The Morgan fingerprint density at radius 1 is 1.33 bits per heavy atom.